The quantitative estimate of drug-likeness (QED) is 0.338. The van der Waals surface area contributed by atoms with Crippen LogP contribution in [0.15, 0.2) is 84.9 Å². The van der Waals surface area contributed by atoms with Crippen molar-refractivity contribution in [3.8, 4) is 22.3 Å². The molecule has 0 atom stereocenters. The van der Waals surface area contributed by atoms with E-state index in [4.69, 9.17) is 9.47 Å². The topological polar surface area (TPSA) is 76.7 Å². The summed E-state index contributed by atoms with van der Waals surface area (Å²) in [6.45, 7) is 1.04. The molecule has 0 fully saturated rings. The minimum atomic E-state index is -0.489. The van der Waals surface area contributed by atoms with Crippen molar-refractivity contribution in [1.29, 1.82) is 0 Å². The molecule has 36 heavy (non-hydrogen) atoms. The van der Waals surface area contributed by atoms with E-state index >= 15 is 0 Å². The number of esters is 2. The van der Waals surface area contributed by atoms with Gasteiger partial charge in [0.05, 0.1) is 25.3 Å². The zero-order valence-corrected chi connectivity index (χ0v) is 20.1. The predicted octanol–water partition coefficient (Wildman–Crippen LogP) is 6.13. The summed E-state index contributed by atoms with van der Waals surface area (Å²) < 4.78 is 10.2. The summed E-state index contributed by atoms with van der Waals surface area (Å²) in [6, 6.07) is 27.4. The van der Waals surface area contributed by atoms with Crippen LogP contribution in [-0.4, -0.2) is 26.2 Å². The Balaban J connectivity index is 1.80. The van der Waals surface area contributed by atoms with E-state index < -0.39 is 11.9 Å². The van der Waals surface area contributed by atoms with Crippen LogP contribution in [-0.2, 0) is 22.6 Å². The summed E-state index contributed by atoms with van der Waals surface area (Å²) in [7, 11) is 2.70. The summed E-state index contributed by atoms with van der Waals surface area (Å²) in [5.41, 5.74) is 7.79. The van der Waals surface area contributed by atoms with E-state index in [0.29, 0.717) is 46.7 Å². The minimum Gasteiger partial charge on any atom is -0.465 e. The maximum absolute atomic E-state index is 12.9. The van der Waals surface area contributed by atoms with Gasteiger partial charge in [-0.3, -0.25) is 0 Å². The van der Waals surface area contributed by atoms with Crippen molar-refractivity contribution in [2.75, 3.05) is 24.9 Å². The number of anilines is 2. The van der Waals surface area contributed by atoms with Gasteiger partial charge < -0.3 is 20.1 Å². The molecule has 6 heteroatoms. The van der Waals surface area contributed by atoms with Gasteiger partial charge in [0.25, 0.3) is 0 Å². The Kier molecular flexibility index (Phi) is 6.41. The first kappa shape index (κ1) is 23.2. The lowest BCUT2D eigenvalue weighted by atomic mass is 9.90. The molecule has 0 aliphatic carbocycles. The number of hydrogen-bond donors (Lipinski definition) is 2. The van der Waals surface area contributed by atoms with Crippen LogP contribution in [0.5, 0.6) is 0 Å². The molecule has 5 rings (SSSR count). The maximum Gasteiger partial charge on any atom is 0.338 e. The molecule has 6 nitrogen and oxygen atoms in total. The van der Waals surface area contributed by atoms with E-state index in [9.17, 15) is 9.59 Å². The van der Waals surface area contributed by atoms with Crippen LogP contribution in [0.4, 0.5) is 11.4 Å². The Morgan fingerprint density at radius 3 is 1.42 bits per heavy atom. The fraction of sp³-hybridized carbons (Fsp3) is 0.133. The van der Waals surface area contributed by atoms with Gasteiger partial charge in [-0.25, -0.2) is 9.59 Å². The lowest BCUT2D eigenvalue weighted by molar-refractivity contribution is 0.0590. The fourth-order valence-corrected chi connectivity index (χ4v) is 4.75. The van der Waals surface area contributed by atoms with Crippen LogP contribution in [0, 0.1) is 0 Å². The van der Waals surface area contributed by atoms with E-state index in [2.05, 4.69) is 34.9 Å². The van der Waals surface area contributed by atoms with Gasteiger partial charge in [-0.1, -0.05) is 60.7 Å². The first-order chi connectivity index (χ1) is 17.6. The van der Waals surface area contributed by atoms with Crippen molar-refractivity contribution < 1.29 is 19.1 Å². The maximum atomic E-state index is 12.9. The third-order valence-electron chi connectivity index (χ3n) is 6.45. The molecule has 180 valence electrons. The molecule has 4 aromatic rings. The van der Waals surface area contributed by atoms with Crippen molar-refractivity contribution in [3.05, 3.63) is 107 Å². The highest BCUT2D eigenvalue weighted by Crippen LogP contribution is 2.41. The van der Waals surface area contributed by atoms with Crippen molar-refractivity contribution in [2.24, 2.45) is 0 Å². The molecule has 1 aliphatic heterocycles. The Morgan fingerprint density at radius 1 is 0.583 bits per heavy atom. The second-order valence-corrected chi connectivity index (χ2v) is 8.46. The summed E-state index contributed by atoms with van der Waals surface area (Å²) in [5, 5.41) is 7.05. The molecule has 0 aromatic heterocycles. The van der Waals surface area contributed by atoms with Crippen molar-refractivity contribution in [3.63, 3.8) is 0 Å². The molecule has 0 saturated heterocycles. The van der Waals surface area contributed by atoms with Gasteiger partial charge in [-0.15, -0.1) is 0 Å². The van der Waals surface area contributed by atoms with Crippen LogP contribution < -0.4 is 10.6 Å². The zero-order valence-electron chi connectivity index (χ0n) is 20.1. The first-order valence-electron chi connectivity index (χ1n) is 11.7. The number of rotatable bonds is 2. The number of methoxy groups -OCH3 is 2. The second-order valence-electron chi connectivity index (χ2n) is 8.46. The molecule has 0 bridgehead atoms. The number of carbonyl (C=O) groups is 2. The van der Waals surface area contributed by atoms with Crippen molar-refractivity contribution in [1.82, 2.24) is 0 Å². The highest BCUT2D eigenvalue weighted by atomic mass is 16.5. The highest BCUT2D eigenvalue weighted by Gasteiger charge is 2.25. The molecule has 1 heterocycles. The standard InChI is InChI=1S/C30H26N2O4/c1-35-29(33)23-13-7-15-25-27(23)28-24(30(34)36-2)14-8-16-26(28)32-18-20-10-4-6-12-22(20)21-11-5-3-9-19(21)17-31-25/h3-16,31-32H,17-18H2,1-2H3. The molecule has 4 aromatic carbocycles. The van der Waals surface area contributed by atoms with Crippen LogP contribution in [0.2, 0.25) is 0 Å². The Labute approximate surface area is 209 Å². The number of fused-ring (bicyclic) bond motifs is 6. The van der Waals surface area contributed by atoms with Crippen LogP contribution in [0.1, 0.15) is 31.8 Å². The summed E-state index contributed by atoms with van der Waals surface area (Å²) in [5.74, 6) is -0.978. The van der Waals surface area contributed by atoms with Crippen molar-refractivity contribution in [2.45, 2.75) is 13.1 Å². The number of ether oxygens (including phenoxy) is 2. The van der Waals surface area contributed by atoms with Crippen molar-refractivity contribution >= 4 is 23.3 Å². The Bertz CT molecular complexity index is 1350. The normalized spacial score (nSPS) is 12.1. The van der Waals surface area contributed by atoms with Crippen LogP contribution in [0.25, 0.3) is 22.3 Å². The van der Waals surface area contributed by atoms with Gasteiger partial charge in [0.2, 0.25) is 0 Å². The molecule has 0 radical (unpaired) electrons. The van der Waals surface area contributed by atoms with Gasteiger partial charge in [-0.2, -0.15) is 0 Å². The lowest BCUT2D eigenvalue weighted by Crippen LogP contribution is -2.14. The van der Waals surface area contributed by atoms with E-state index in [1.807, 2.05) is 36.4 Å². The highest BCUT2D eigenvalue weighted by molar-refractivity contribution is 6.09. The molecular formula is C30H26N2O4. The number of hydrogen-bond acceptors (Lipinski definition) is 6. The molecule has 2 N–H and O–H groups in total. The Hall–Kier alpha value is -4.58. The molecule has 0 unspecified atom stereocenters. The molecule has 0 saturated carbocycles. The lowest BCUT2D eigenvalue weighted by Gasteiger charge is -2.23. The number of benzene rings is 4. The third kappa shape index (κ3) is 4.18. The average molecular weight is 479 g/mol. The van der Waals surface area contributed by atoms with Gasteiger partial charge in [-0.05, 0) is 46.5 Å². The van der Waals surface area contributed by atoms with E-state index in [0.717, 1.165) is 22.3 Å². The zero-order chi connectivity index (χ0) is 25.1. The minimum absolute atomic E-state index is 0.354. The summed E-state index contributed by atoms with van der Waals surface area (Å²) in [6.07, 6.45) is 0. The smallest absolute Gasteiger partial charge is 0.338 e. The molecule has 1 aliphatic rings. The summed E-state index contributed by atoms with van der Waals surface area (Å²) in [4.78, 5) is 25.8. The number of nitrogens with one attached hydrogen (secondary N) is 2. The molecule has 0 spiro atoms. The monoisotopic (exact) mass is 478 g/mol. The van der Waals surface area contributed by atoms with E-state index in [1.54, 1.807) is 24.3 Å². The van der Waals surface area contributed by atoms with Gasteiger partial charge in [0.15, 0.2) is 0 Å². The van der Waals surface area contributed by atoms with Crippen LogP contribution >= 0.6 is 0 Å². The first-order valence-corrected chi connectivity index (χ1v) is 11.7. The van der Waals surface area contributed by atoms with E-state index in [1.165, 1.54) is 14.2 Å². The largest absolute Gasteiger partial charge is 0.465 e. The van der Waals surface area contributed by atoms with E-state index in [-0.39, 0.29) is 0 Å². The summed E-state index contributed by atoms with van der Waals surface area (Å²) >= 11 is 0. The van der Waals surface area contributed by atoms with Gasteiger partial charge >= 0.3 is 11.9 Å². The predicted molar refractivity (Wildman–Crippen MR) is 141 cm³/mol. The SMILES string of the molecule is COC(=O)c1cccc2c1-c1c(cccc1C(=O)OC)NCc1ccccc1-c1ccccc1CN2. The second kappa shape index (κ2) is 9.96. The fourth-order valence-electron chi connectivity index (χ4n) is 4.75. The van der Waals surface area contributed by atoms with Gasteiger partial charge in [0.1, 0.15) is 0 Å². The third-order valence-corrected chi connectivity index (χ3v) is 6.45. The Morgan fingerprint density at radius 2 is 1.00 bits per heavy atom. The molecule has 0 amide bonds. The average Bonchev–Trinajstić information content (AvgIpc) is 2.93. The molecular weight excluding hydrogens is 452 g/mol. The number of carbonyl (C=O) groups excluding carboxylic acids is 2. The van der Waals surface area contributed by atoms with Gasteiger partial charge in [0, 0.05) is 35.6 Å². The van der Waals surface area contributed by atoms with Crippen LogP contribution in [0.3, 0.4) is 0 Å².